The fourth-order valence-electron chi connectivity index (χ4n) is 2.73. The molecule has 5 nitrogen and oxygen atoms in total. The van der Waals surface area contributed by atoms with Gasteiger partial charge in [-0.05, 0) is 49.2 Å². The molecule has 0 amide bonds. The van der Waals surface area contributed by atoms with Crippen LogP contribution in [-0.2, 0) is 16.0 Å². The predicted octanol–water partition coefficient (Wildman–Crippen LogP) is 4.52. The van der Waals surface area contributed by atoms with Gasteiger partial charge < -0.3 is 14.2 Å². The van der Waals surface area contributed by atoms with Gasteiger partial charge in [0.2, 0.25) is 11.9 Å². The Morgan fingerprint density at radius 1 is 1.21 bits per heavy atom. The van der Waals surface area contributed by atoms with Crippen LogP contribution < -0.4 is 9.47 Å². The summed E-state index contributed by atoms with van der Waals surface area (Å²) in [6.07, 6.45) is 3.24. The van der Waals surface area contributed by atoms with Crippen LogP contribution in [0.25, 0.3) is 0 Å². The van der Waals surface area contributed by atoms with Crippen LogP contribution in [0.4, 0.5) is 5.69 Å². The van der Waals surface area contributed by atoms with Gasteiger partial charge in [0.05, 0.1) is 5.69 Å². The quantitative estimate of drug-likeness (QED) is 0.599. The Labute approximate surface area is 140 Å². The maximum atomic E-state index is 10.2. The summed E-state index contributed by atoms with van der Waals surface area (Å²) in [5.41, 5.74) is 1.69. The molecule has 1 atom stereocenters. The van der Waals surface area contributed by atoms with Crippen LogP contribution in [0.15, 0.2) is 47.5 Å². The van der Waals surface area contributed by atoms with Crippen molar-refractivity contribution in [2.24, 2.45) is 4.99 Å². The van der Waals surface area contributed by atoms with E-state index in [1.54, 1.807) is 24.3 Å². The minimum absolute atomic E-state index is 0.540. The van der Waals surface area contributed by atoms with E-state index in [1.165, 1.54) is 6.08 Å². The largest absolute Gasteiger partial charge is 0.462 e. The zero-order valence-corrected chi connectivity index (χ0v) is 13.7. The molecule has 0 fully saturated rings. The van der Waals surface area contributed by atoms with Crippen LogP contribution in [0.1, 0.15) is 25.8 Å². The van der Waals surface area contributed by atoms with Crippen molar-refractivity contribution in [3.8, 4) is 17.2 Å². The lowest BCUT2D eigenvalue weighted by atomic mass is 10.0. The van der Waals surface area contributed by atoms with Gasteiger partial charge in [0, 0.05) is 26.0 Å². The molecule has 24 heavy (non-hydrogen) atoms. The van der Waals surface area contributed by atoms with Crippen molar-refractivity contribution in [3.05, 3.63) is 48.0 Å². The first-order chi connectivity index (χ1) is 11.6. The molecule has 5 heteroatoms. The number of fused-ring (bicyclic) bond motifs is 1. The highest BCUT2D eigenvalue weighted by molar-refractivity contribution is 5.51. The number of isocyanates is 1. The van der Waals surface area contributed by atoms with Gasteiger partial charge in [-0.1, -0.05) is 6.07 Å². The van der Waals surface area contributed by atoms with Gasteiger partial charge in [-0.2, -0.15) is 4.99 Å². The normalized spacial score (nSPS) is 18.9. The monoisotopic (exact) mass is 325 g/mol. The maximum absolute atomic E-state index is 10.2. The minimum Gasteiger partial charge on any atom is -0.462 e. The highest BCUT2D eigenvalue weighted by Crippen LogP contribution is 2.37. The molecule has 0 saturated heterocycles. The van der Waals surface area contributed by atoms with Crippen LogP contribution in [0.5, 0.6) is 17.2 Å². The molecule has 1 aliphatic rings. The van der Waals surface area contributed by atoms with Crippen LogP contribution in [0.3, 0.4) is 0 Å². The van der Waals surface area contributed by atoms with E-state index in [9.17, 15) is 4.79 Å². The van der Waals surface area contributed by atoms with E-state index in [4.69, 9.17) is 14.2 Å². The molecule has 0 aliphatic carbocycles. The van der Waals surface area contributed by atoms with Crippen LogP contribution >= 0.6 is 0 Å². The lowest BCUT2D eigenvalue weighted by Gasteiger charge is -2.35. The van der Waals surface area contributed by atoms with E-state index in [2.05, 4.69) is 4.99 Å². The number of aliphatic imine (C=N–C) groups is 1. The average Bonchev–Trinajstić information content (AvgIpc) is 2.56. The number of ether oxygens (including phenoxy) is 3. The third-order valence-corrected chi connectivity index (χ3v) is 3.91. The van der Waals surface area contributed by atoms with Crippen molar-refractivity contribution in [2.75, 3.05) is 6.61 Å². The highest BCUT2D eigenvalue weighted by atomic mass is 16.7. The lowest BCUT2D eigenvalue weighted by Crippen LogP contribution is -2.39. The Kier molecular flexibility index (Phi) is 4.65. The molecule has 0 saturated carbocycles. The molecule has 3 rings (SSSR count). The van der Waals surface area contributed by atoms with Crippen LogP contribution in [0, 0.1) is 0 Å². The van der Waals surface area contributed by atoms with E-state index in [1.807, 2.05) is 32.0 Å². The summed E-state index contributed by atoms with van der Waals surface area (Å²) in [5.74, 6) is 1.54. The molecule has 0 N–H and O–H groups in total. The molecule has 1 aliphatic heterocycles. The molecule has 0 bridgehead atoms. The Morgan fingerprint density at radius 2 is 1.96 bits per heavy atom. The predicted molar refractivity (Wildman–Crippen MR) is 89.7 cm³/mol. The van der Waals surface area contributed by atoms with E-state index in [-0.39, 0.29) is 0 Å². The van der Waals surface area contributed by atoms with E-state index in [0.29, 0.717) is 23.8 Å². The summed E-state index contributed by atoms with van der Waals surface area (Å²) >= 11 is 0. The van der Waals surface area contributed by atoms with Crippen molar-refractivity contribution < 1.29 is 19.0 Å². The number of benzene rings is 2. The number of hydrogen-bond acceptors (Lipinski definition) is 5. The van der Waals surface area contributed by atoms with Crippen molar-refractivity contribution in [1.82, 2.24) is 0 Å². The van der Waals surface area contributed by atoms with Gasteiger partial charge >= 0.3 is 0 Å². The fraction of sp³-hybridized carbons (Fsp3) is 0.316. The number of aryl methyl sites for hydroxylation is 1. The molecular weight excluding hydrogens is 306 g/mol. The summed E-state index contributed by atoms with van der Waals surface area (Å²) < 4.78 is 17.6. The first-order valence-electron chi connectivity index (χ1n) is 7.93. The second-order valence-corrected chi connectivity index (χ2v) is 5.74. The van der Waals surface area contributed by atoms with Crippen LogP contribution in [-0.4, -0.2) is 18.5 Å². The summed E-state index contributed by atoms with van der Waals surface area (Å²) in [7, 11) is 0. The average molecular weight is 325 g/mol. The summed E-state index contributed by atoms with van der Waals surface area (Å²) in [6, 6.07) is 12.7. The third kappa shape index (κ3) is 3.65. The Balaban J connectivity index is 1.77. The summed E-state index contributed by atoms with van der Waals surface area (Å²) in [4.78, 5) is 13.8. The lowest BCUT2D eigenvalue weighted by molar-refractivity contribution is -0.176. The van der Waals surface area contributed by atoms with Crippen LogP contribution in [0.2, 0.25) is 0 Å². The third-order valence-electron chi connectivity index (χ3n) is 3.91. The van der Waals surface area contributed by atoms with E-state index in [0.717, 1.165) is 24.2 Å². The molecule has 1 unspecified atom stereocenters. The van der Waals surface area contributed by atoms with Crippen molar-refractivity contribution in [1.29, 1.82) is 0 Å². The summed E-state index contributed by atoms with van der Waals surface area (Å²) in [5, 5.41) is 0. The van der Waals surface area contributed by atoms with Crippen molar-refractivity contribution in [3.63, 3.8) is 0 Å². The number of nitrogens with zero attached hydrogens (tertiary/aromatic N) is 1. The first kappa shape index (κ1) is 16.2. The first-order valence-corrected chi connectivity index (χ1v) is 7.93. The zero-order chi connectivity index (χ0) is 17.0. The molecule has 1 heterocycles. The molecule has 0 aromatic heterocycles. The SMILES string of the molecule is CCOC1(C)CCc2ccc(Oc3ccc(N=C=O)cc3)cc2O1. The fourth-order valence-corrected chi connectivity index (χ4v) is 2.73. The van der Waals surface area contributed by atoms with Gasteiger partial charge in [-0.25, -0.2) is 4.79 Å². The topological polar surface area (TPSA) is 57.1 Å². The van der Waals surface area contributed by atoms with Crippen molar-refractivity contribution >= 4 is 11.8 Å². The Hall–Kier alpha value is -2.62. The molecule has 2 aromatic rings. The van der Waals surface area contributed by atoms with Gasteiger partial charge in [-0.15, -0.1) is 0 Å². The van der Waals surface area contributed by atoms with E-state index >= 15 is 0 Å². The van der Waals surface area contributed by atoms with Gasteiger partial charge in [0.25, 0.3) is 0 Å². The number of carbonyl (C=O) groups excluding carboxylic acids is 1. The smallest absolute Gasteiger partial charge is 0.240 e. The molecule has 0 radical (unpaired) electrons. The molecule has 2 aromatic carbocycles. The van der Waals surface area contributed by atoms with Crippen molar-refractivity contribution in [2.45, 2.75) is 32.5 Å². The number of hydrogen-bond donors (Lipinski definition) is 0. The van der Waals surface area contributed by atoms with Gasteiger partial charge in [0.1, 0.15) is 17.2 Å². The second kappa shape index (κ2) is 6.87. The highest BCUT2D eigenvalue weighted by Gasteiger charge is 2.32. The Bertz CT molecular complexity index is 765. The maximum Gasteiger partial charge on any atom is 0.240 e. The second-order valence-electron chi connectivity index (χ2n) is 5.74. The minimum atomic E-state index is -0.588. The van der Waals surface area contributed by atoms with E-state index < -0.39 is 5.79 Å². The Morgan fingerprint density at radius 3 is 2.67 bits per heavy atom. The summed E-state index contributed by atoms with van der Waals surface area (Å²) in [6.45, 7) is 4.53. The van der Waals surface area contributed by atoms with Gasteiger partial charge in [-0.3, -0.25) is 0 Å². The molecular formula is C19H19NO4. The molecule has 124 valence electrons. The number of rotatable bonds is 5. The standard InChI is InChI=1S/C19H19NO4/c1-3-22-19(2)11-10-14-4-7-17(12-18(14)24-19)23-16-8-5-15(6-9-16)20-13-21/h4-9,12H,3,10-11H2,1-2H3. The zero-order valence-electron chi connectivity index (χ0n) is 13.7. The van der Waals surface area contributed by atoms with Gasteiger partial charge in [0.15, 0.2) is 0 Å². The molecule has 0 spiro atoms.